The summed E-state index contributed by atoms with van der Waals surface area (Å²) in [6, 6.07) is 4.80. The summed E-state index contributed by atoms with van der Waals surface area (Å²) in [7, 11) is 0. The van der Waals surface area contributed by atoms with Crippen molar-refractivity contribution in [2.24, 2.45) is 0 Å². The molecule has 9 heteroatoms. The maximum absolute atomic E-state index is 12.4. The van der Waals surface area contributed by atoms with Crippen LogP contribution in [0.25, 0.3) is 11.5 Å². The van der Waals surface area contributed by atoms with E-state index in [0.29, 0.717) is 29.7 Å². The first kappa shape index (κ1) is 16.6. The van der Waals surface area contributed by atoms with E-state index in [1.54, 1.807) is 13.0 Å². The van der Waals surface area contributed by atoms with Crippen LogP contribution in [0.1, 0.15) is 36.7 Å². The maximum atomic E-state index is 12.4. The van der Waals surface area contributed by atoms with Crippen LogP contribution in [-0.2, 0) is 0 Å². The number of aromatic nitrogens is 4. The normalized spacial score (nSPS) is 12.0. The molecule has 0 bridgehead atoms. The number of anilines is 1. The Morgan fingerprint density at radius 1 is 1.32 bits per heavy atom. The fourth-order valence-electron chi connectivity index (χ4n) is 2.31. The number of rotatable bonds is 5. The molecule has 2 heterocycles. The second-order valence-electron chi connectivity index (χ2n) is 5.50. The summed E-state index contributed by atoms with van der Waals surface area (Å²) in [4.78, 5) is 16.5. The number of carbonyl (C=O) groups excluding carboxylic acids is 1. The van der Waals surface area contributed by atoms with Crippen molar-refractivity contribution in [3.05, 3.63) is 41.9 Å². The minimum atomic E-state index is -0.361. The SMILES string of the molecule is CC[C@@H](NC(=O)Nc1cc(-c2nnco2)ccc1C)c1noc(C)n1. The van der Waals surface area contributed by atoms with Gasteiger partial charge in [-0.25, -0.2) is 4.79 Å². The lowest BCUT2D eigenvalue weighted by Crippen LogP contribution is -2.33. The molecular formula is C16H18N6O3. The van der Waals surface area contributed by atoms with Crippen LogP contribution in [0.4, 0.5) is 10.5 Å². The van der Waals surface area contributed by atoms with E-state index in [9.17, 15) is 4.79 Å². The molecule has 9 nitrogen and oxygen atoms in total. The first-order valence-electron chi connectivity index (χ1n) is 7.81. The number of hydrogen-bond donors (Lipinski definition) is 2. The van der Waals surface area contributed by atoms with Gasteiger partial charge in [0.25, 0.3) is 0 Å². The maximum Gasteiger partial charge on any atom is 0.319 e. The Labute approximate surface area is 143 Å². The molecule has 25 heavy (non-hydrogen) atoms. The molecule has 0 aliphatic rings. The molecule has 0 aliphatic heterocycles. The van der Waals surface area contributed by atoms with Gasteiger partial charge >= 0.3 is 6.03 Å². The molecule has 130 valence electrons. The predicted molar refractivity (Wildman–Crippen MR) is 88.7 cm³/mol. The Morgan fingerprint density at radius 2 is 2.16 bits per heavy atom. The summed E-state index contributed by atoms with van der Waals surface area (Å²) in [6.45, 7) is 5.53. The molecule has 0 unspecified atom stereocenters. The molecule has 0 aliphatic carbocycles. The van der Waals surface area contributed by atoms with E-state index < -0.39 is 0 Å². The van der Waals surface area contributed by atoms with Crippen molar-refractivity contribution < 1.29 is 13.7 Å². The second kappa shape index (κ2) is 7.12. The molecule has 3 aromatic rings. The van der Waals surface area contributed by atoms with Gasteiger partial charge in [0.15, 0.2) is 5.82 Å². The van der Waals surface area contributed by atoms with Gasteiger partial charge in [-0.05, 0) is 31.0 Å². The van der Waals surface area contributed by atoms with Crippen LogP contribution in [0.3, 0.4) is 0 Å². The summed E-state index contributed by atoms with van der Waals surface area (Å²) in [6.07, 6.45) is 1.89. The Hall–Kier alpha value is -3.23. The molecule has 1 aromatic carbocycles. The van der Waals surface area contributed by atoms with Gasteiger partial charge in [0.05, 0.1) is 6.04 Å². The third-order valence-corrected chi connectivity index (χ3v) is 3.66. The lowest BCUT2D eigenvalue weighted by atomic mass is 10.1. The fourth-order valence-corrected chi connectivity index (χ4v) is 2.31. The minimum Gasteiger partial charge on any atom is -0.423 e. The van der Waals surface area contributed by atoms with Crippen LogP contribution in [-0.4, -0.2) is 26.4 Å². The van der Waals surface area contributed by atoms with E-state index in [0.717, 1.165) is 11.1 Å². The summed E-state index contributed by atoms with van der Waals surface area (Å²) in [5.41, 5.74) is 2.27. The fraction of sp³-hybridized carbons (Fsp3) is 0.312. The minimum absolute atomic E-state index is 0.336. The van der Waals surface area contributed by atoms with Gasteiger partial charge in [0, 0.05) is 18.2 Å². The zero-order valence-electron chi connectivity index (χ0n) is 14.1. The van der Waals surface area contributed by atoms with Gasteiger partial charge in [-0.1, -0.05) is 18.1 Å². The average molecular weight is 342 g/mol. The Bertz CT molecular complexity index is 859. The molecule has 0 saturated carbocycles. The topological polar surface area (TPSA) is 119 Å². The van der Waals surface area contributed by atoms with Crippen molar-refractivity contribution in [2.75, 3.05) is 5.32 Å². The van der Waals surface area contributed by atoms with Crippen LogP contribution in [0.5, 0.6) is 0 Å². The second-order valence-corrected chi connectivity index (χ2v) is 5.50. The van der Waals surface area contributed by atoms with E-state index in [4.69, 9.17) is 8.94 Å². The molecule has 2 amide bonds. The first-order valence-corrected chi connectivity index (χ1v) is 7.81. The van der Waals surface area contributed by atoms with Gasteiger partial charge in [0.1, 0.15) is 0 Å². The molecule has 0 saturated heterocycles. The van der Waals surface area contributed by atoms with Gasteiger partial charge in [0.2, 0.25) is 18.2 Å². The van der Waals surface area contributed by atoms with Gasteiger partial charge < -0.3 is 19.6 Å². The lowest BCUT2D eigenvalue weighted by Gasteiger charge is -2.15. The van der Waals surface area contributed by atoms with Crippen molar-refractivity contribution in [1.29, 1.82) is 0 Å². The van der Waals surface area contributed by atoms with Crippen LogP contribution in [0, 0.1) is 13.8 Å². The Kier molecular flexibility index (Phi) is 4.73. The number of benzene rings is 1. The Morgan fingerprint density at radius 3 is 2.80 bits per heavy atom. The van der Waals surface area contributed by atoms with Crippen molar-refractivity contribution in [3.63, 3.8) is 0 Å². The molecule has 3 rings (SSSR count). The van der Waals surface area contributed by atoms with Crippen molar-refractivity contribution in [3.8, 4) is 11.5 Å². The highest BCUT2D eigenvalue weighted by molar-refractivity contribution is 5.91. The number of nitrogens with one attached hydrogen (secondary N) is 2. The monoisotopic (exact) mass is 342 g/mol. The zero-order valence-corrected chi connectivity index (χ0v) is 14.1. The smallest absolute Gasteiger partial charge is 0.319 e. The van der Waals surface area contributed by atoms with E-state index in [1.165, 1.54) is 6.39 Å². The quantitative estimate of drug-likeness (QED) is 0.731. The number of amides is 2. The van der Waals surface area contributed by atoms with Crippen molar-refractivity contribution in [1.82, 2.24) is 25.7 Å². The highest BCUT2D eigenvalue weighted by Gasteiger charge is 2.18. The third-order valence-electron chi connectivity index (χ3n) is 3.66. The predicted octanol–water partition coefficient (Wildman–Crippen LogP) is 3.01. The number of nitrogens with zero attached hydrogens (tertiary/aromatic N) is 4. The summed E-state index contributed by atoms with van der Waals surface area (Å²) >= 11 is 0. The van der Waals surface area contributed by atoms with Gasteiger partial charge in [-0.15, -0.1) is 10.2 Å². The summed E-state index contributed by atoms with van der Waals surface area (Å²) in [5, 5.41) is 17.1. The zero-order chi connectivity index (χ0) is 17.8. The van der Waals surface area contributed by atoms with E-state index >= 15 is 0 Å². The van der Waals surface area contributed by atoms with Crippen LogP contribution in [0.15, 0.2) is 33.5 Å². The summed E-state index contributed by atoms with van der Waals surface area (Å²) in [5.74, 6) is 1.29. The number of aryl methyl sites for hydroxylation is 2. The van der Waals surface area contributed by atoms with Crippen LogP contribution in [0.2, 0.25) is 0 Å². The highest BCUT2D eigenvalue weighted by Crippen LogP contribution is 2.24. The van der Waals surface area contributed by atoms with Crippen LogP contribution >= 0.6 is 0 Å². The first-order chi connectivity index (χ1) is 12.1. The van der Waals surface area contributed by atoms with Crippen molar-refractivity contribution in [2.45, 2.75) is 33.2 Å². The number of urea groups is 1. The number of carbonyl (C=O) groups is 1. The van der Waals surface area contributed by atoms with Gasteiger partial charge in [-0.3, -0.25) is 0 Å². The molecule has 0 spiro atoms. The summed E-state index contributed by atoms with van der Waals surface area (Å²) < 4.78 is 10.2. The standard InChI is InChI=1S/C16H18N6O3/c1-4-12(14-18-10(3)25-22-14)19-16(23)20-13-7-11(6-5-9(13)2)15-21-17-8-24-15/h5-8,12H,4H2,1-3H3,(H2,19,20,23)/t12-/m1/s1. The largest absolute Gasteiger partial charge is 0.423 e. The van der Waals surface area contributed by atoms with Crippen LogP contribution < -0.4 is 10.6 Å². The number of hydrogen-bond acceptors (Lipinski definition) is 7. The van der Waals surface area contributed by atoms with E-state index in [-0.39, 0.29) is 12.1 Å². The van der Waals surface area contributed by atoms with Gasteiger partial charge in [-0.2, -0.15) is 4.98 Å². The molecule has 0 fully saturated rings. The molecule has 2 aromatic heterocycles. The molecule has 0 radical (unpaired) electrons. The molecular weight excluding hydrogens is 324 g/mol. The molecule has 2 N–H and O–H groups in total. The van der Waals surface area contributed by atoms with E-state index in [1.807, 2.05) is 26.0 Å². The third kappa shape index (κ3) is 3.82. The average Bonchev–Trinajstić information content (AvgIpc) is 3.26. The molecule has 1 atom stereocenters. The highest BCUT2D eigenvalue weighted by atomic mass is 16.5. The van der Waals surface area contributed by atoms with E-state index in [2.05, 4.69) is 31.0 Å². The lowest BCUT2D eigenvalue weighted by molar-refractivity contribution is 0.247. The van der Waals surface area contributed by atoms with Crippen molar-refractivity contribution >= 4 is 11.7 Å². The Balaban J connectivity index is 1.73.